The van der Waals surface area contributed by atoms with Gasteiger partial charge in [-0.1, -0.05) is 27.7 Å². The summed E-state index contributed by atoms with van der Waals surface area (Å²) < 4.78 is 24.7. The van der Waals surface area contributed by atoms with Crippen LogP contribution in [-0.2, 0) is 4.79 Å². The lowest BCUT2D eigenvalue weighted by molar-refractivity contribution is -0.117. The Morgan fingerprint density at radius 3 is 1.92 bits per heavy atom. The van der Waals surface area contributed by atoms with Gasteiger partial charge in [0.25, 0.3) is 0 Å². The van der Waals surface area contributed by atoms with Gasteiger partial charge in [-0.3, -0.25) is 0 Å². The van der Waals surface area contributed by atoms with Gasteiger partial charge in [-0.05, 0) is 6.42 Å². The average Bonchev–Trinajstić information content (AvgIpc) is 1.85. The lowest BCUT2D eigenvalue weighted by atomic mass is 9.76. The number of alkyl halides is 2. The summed E-state index contributed by atoms with van der Waals surface area (Å²) in [6, 6.07) is 0. The van der Waals surface area contributed by atoms with Gasteiger partial charge in [-0.25, -0.2) is 8.78 Å². The van der Waals surface area contributed by atoms with Crippen LogP contribution in [0.2, 0.25) is 0 Å². The Hall–Kier alpha value is -0.470. The first-order valence-electron chi connectivity index (χ1n) is 3.96. The van der Waals surface area contributed by atoms with Gasteiger partial charge in [0.05, 0.1) is 0 Å². The number of carbonyl (C=O) groups excluding carboxylic acids is 1. The molecule has 0 spiro atoms. The van der Waals surface area contributed by atoms with Crippen LogP contribution >= 0.6 is 0 Å². The number of hydrogen-bond acceptors (Lipinski definition) is 1. The second kappa shape index (κ2) is 3.50. The molecule has 0 aliphatic rings. The van der Waals surface area contributed by atoms with E-state index in [4.69, 9.17) is 0 Å². The predicted molar refractivity (Wildman–Crippen MR) is 44.2 cm³/mol. The number of hydrogen-bond donors (Lipinski definition) is 0. The van der Waals surface area contributed by atoms with Crippen LogP contribution in [0.25, 0.3) is 0 Å². The third-order valence-corrected chi connectivity index (χ3v) is 1.82. The number of aldehydes is 1. The standard InChI is InChI=1S/C9H16F2O/c1-8(2,6-12)5-9(3,4)7(10)11/h6-7H,5H2,1-4H3. The van der Waals surface area contributed by atoms with Crippen molar-refractivity contribution < 1.29 is 13.6 Å². The van der Waals surface area contributed by atoms with Crippen molar-refractivity contribution in [3.05, 3.63) is 0 Å². The van der Waals surface area contributed by atoms with Crippen molar-refractivity contribution in [2.45, 2.75) is 40.5 Å². The molecule has 0 heterocycles. The second-order valence-corrected chi connectivity index (χ2v) is 4.57. The van der Waals surface area contributed by atoms with Gasteiger partial charge in [-0.2, -0.15) is 0 Å². The van der Waals surface area contributed by atoms with E-state index in [0.717, 1.165) is 6.29 Å². The van der Waals surface area contributed by atoms with E-state index >= 15 is 0 Å². The highest BCUT2D eigenvalue weighted by molar-refractivity contribution is 5.57. The molecule has 3 heteroatoms. The molecule has 0 N–H and O–H groups in total. The van der Waals surface area contributed by atoms with E-state index in [-0.39, 0.29) is 6.42 Å². The number of rotatable bonds is 4. The fraction of sp³-hybridized carbons (Fsp3) is 0.889. The minimum absolute atomic E-state index is 0.209. The van der Waals surface area contributed by atoms with E-state index < -0.39 is 17.3 Å². The summed E-state index contributed by atoms with van der Waals surface area (Å²) in [6.45, 7) is 6.29. The molecular formula is C9H16F2O. The summed E-state index contributed by atoms with van der Waals surface area (Å²) in [4.78, 5) is 10.5. The Morgan fingerprint density at radius 1 is 1.25 bits per heavy atom. The highest BCUT2D eigenvalue weighted by Gasteiger charge is 2.35. The van der Waals surface area contributed by atoms with E-state index in [1.807, 2.05) is 0 Å². The molecular weight excluding hydrogens is 162 g/mol. The van der Waals surface area contributed by atoms with E-state index in [1.54, 1.807) is 13.8 Å². The lowest BCUT2D eigenvalue weighted by Gasteiger charge is -2.30. The molecule has 0 aromatic rings. The third-order valence-electron chi connectivity index (χ3n) is 1.82. The van der Waals surface area contributed by atoms with Gasteiger partial charge in [0.15, 0.2) is 0 Å². The van der Waals surface area contributed by atoms with Gasteiger partial charge in [0.2, 0.25) is 6.43 Å². The molecule has 0 radical (unpaired) electrons. The first-order chi connectivity index (χ1) is 5.21. The Labute approximate surface area is 72.2 Å². The van der Waals surface area contributed by atoms with Gasteiger partial charge in [0.1, 0.15) is 6.29 Å². The molecule has 0 rings (SSSR count). The fourth-order valence-corrected chi connectivity index (χ4v) is 1.29. The molecule has 0 amide bonds. The van der Waals surface area contributed by atoms with E-state index in [9.17, 15) is 13.6 Å². The zero-order valence-electron chi connectivity index (χ0n) is 8.03. The Kier molecular flexibility index (Phi) is 3.36. The van der Waals surface area contributed by atoms with Crippen molar-refractivity contribution in [1.82, 2.24) is 0 Å². The topological polar surface area (TPSA) is 17.1 Å². The minimum Gasteiger partial charge on any atom is -0.303 e. The first-order valence-corrected chi connectivity index (χ1v) is 3.96. The van der Waals surface area contributed by atoms with Crippen LogP contribution in [0.3, 0.4) is 0 Å². The molecule has 0 atom stereocenters. The summed E-state index contributed by atoms with van der Waals surface area (Å²) in [6.07, 6.45) is -1.44. The van der Waals surface area contributed by atoms with Crippen LogP contribution in [0.15, 0.2) is 0 Å². The Balaban J connectivity index is 4.33. The molecule has 0 aliphatic heterocycles. The molecule has 12 heavy (non-hydrogen) atoms. The van der Waals surface area contributed by atoms with Crippen molar-refractivity contribution in [2.24, 2.45) is 10.8 Å². The molecule has 0 aromatic carbocycles. The number of carbonyl (C=O) groups is 1. The summed E-state index contributed by atoms with van der Waals surface area (Å²) in [7, 11) is 0. The summed E-state index contributed by atoms with van der Waals surface area (Å²) in [5.74, 6) is 0. The molecule has 0 fully saturated rings. The fourth-order valence-electron chi connectivity index (χ4n) is 1.29. The van der Waals surface area contributed by atoms with Gasteiger partial charge >= 0.3 is 0 Å². The van der Waals surface area contributed by atoms with Crippen molar-refractivity contribution >= 4 is 6.29 Å². The van der Waals surface area contributed by atoms with Crippen LogP contribution < -0.4 is 0 Å². The molecule has 1 nitrogen and oxygen atoms in total. The smallest absolute Gasteiger partial charge is 0.243 e. The van der Waals surface area contributed by atoms with Gasteiger partial charge < -0.3 is 4.79 Å². The van der Waals surface area contributed by atoms with E-state index in [0.29, 0.717) is 0 Å². The van der Waals surface area contributed by atoms with E-state index in [2.05, 4.69) is 0 Å². The molecule has 0 aromatic heterocycles. The van der Waals surface area contributed by atoms with Crippen LogP contribution in [0.5, 0.6) is 0 Å². The van der Waals surface area contributed by atoms with Crippen molar-refractivity contribution in [3.8, 4) is 0 Å². The van der Waals surface area contributed by atoms with Crippen LogP contribution in [0.1, 0.15) is 34.1 Å². The highest BCUT2D eigenvalue weighted by Crippen LogP contribution is 2.36. The SMILES string of the molecule is CC(C)(C=O)CC(C)(C)C(F)F. The molecule has 0 unspecified atom stereocenters. The molecule has 0 saturated heterocycles. The summed E-state index contributed by atoms with van der Waals surface area (Å²) >= 11 is 0. The highest BCUT2D eigenvalue weighted by atomic mass is 19.3. The maximum Gasteiger partial charge on any atom is 0.243 e. The average molecular weight is 178 g/mol. The third kappa shape index (κ3) is 3.28. The molecule has 0 bridgehead atoms. The molecule has 72 valence electrons. The molecule has 0 aliphatic carbocycles. The largest absolute Gasteiger partial charge is 0.303 e. The van der Waals surface area contributed by atoms with Crippen LogP contribution in [0.4, 0.5) is 8.78 Å². The Morgan fingerprint density at radius 2 is 1.67 bits per heavy atom. The maximum absolute atomic E-state index is 12.4. The van der Waals surface area contributed by atoms with Crippen molar-refractivity contribution in [2.75, 3.05) is 0 Å². The van der Waals surface area contributed by atoms with Gasteiger partial charge in [-0.15, -0.1) is 0 Å². The van der Waals surface area contributed by atoms with Gasteiger partial charge in [0, 0.05) is 10.8 Å². The number of halogens is 2. The zero-order chi connectivity index (χ0) is 9.99. The maximum atomic E-state index is 12.4. The summed E-state index contributed by atoms with van der Waals surface area (Å²) in [5.41, 5.74) is -1.73. The first kappa shape index (κ1) is 11.5. The second-order valence-electron chi connectivity index (χ2n) is 4.57. The van der Waals surface area contributed by atoms with Crippen molar-refractivity contribution in [1.29, 1.82) is 0 Å². The minimum atomic E-state index is -2.38. The van der Waals surface area contributed by atoms with Crippen LogP contribution in [-0.4, -0.2) is 12.7 Å². The predicted octanol–water partition coefficient (Wildman–Crippen LogP) is 2.89. The lowest BCUT2D eigenvalue weighted by Crippen LogP contribution is -2.30. The monoisotopic (exact) mass is 178 g/mol. The molecule has 0 saturated carbocycles. The normalized spacial score (nSPS) is 13.6. The summed E-state index contributed by atoms with van der Waals surface area (Å²) in [5, 5.41) is 0. The quantitative estimate of drug-likeness (QED) is 0.605. The van der Waals surface area contributed by atoms with Crippen molar-refractivity contribution in [3.63, 3.8) is 0 Å². The van der Waals surface area contributed by atoms with Crippen LogP contribution in [0, 0.1) is 10.8 Å². The van der Waals surface area contributed by atoms with E-state index in [1.165, 1.54) is 13.8 Å². The Bertz CT molecular complexity index is 162. The zero-order valence-corrected chi connectivity index (χ0v) is 8.03.